The summed E-state index contributed by atoms with van der Waals surface area (Å²) >= 11 is 0. The first-order valence-corrected chi connectivity index (χ1v) is 5.15. The lowest BCUT2D eigenvalue weighted by Crippen LogP contribution is -2.08. The molecular weight excluding hydrogens is 160 g/mol. The van der Waals surface area contributed by atoms with Gasteiger partial charge in [-0.2, -0.15) is 0 Å². The van der Waals surface area contributed by atoms with Gasteiger partial charge >= 0.3 is 0 Å². The summed E-state index contributed by atoms with van der Waals surface area (Å²) in [5.41, 5.74) is 0. The van der Waals surface area contributed by atoms with E-state index in [2.05, 4.69) is 0 Å². The number of hydrogen-bond acceptors (Lipinski definition) is 2. The Bertz CT molecular complexity index is 135. The normalized spacial score (nSPS) is 9.64. The fourth-order valence-electron chi connectivity index (χ4n) is 0.724. The zero-order chi connectivity index (χ0) is 7.33. The van der Waals surface area contributed by atoms with Crippen LogP contribution in [0.25, 0.3) is 0 Å². The second-order valence-corrected chi connectivity index (χ2v) is 4.46. The second-order valence-electron chi connectivity index (χ2n) is 2.15. The van der Waals surface area contributed by atoms with E-state index in [0.29, 0.717) is 11.5 Å². The van der Waals surface area contributed by atoms with Crippen molar-refractivity contribution < 1.29 is 8.42 Å². The molecule has 0 amide bonds. The fraction of sp³-hybridized carbons (Fsp3) is 1.00. The van der Waals surface area contributed by atoms with Crippen molar-refractivity contribution in [2.24, 2.45) is 0 Å². The summed E-state index contributed by atoms with van der Waals surface area (Å²) in [5.74, 6) is 0.696. The Morgan fingerprint density at radius 1 is 0.909 bits per heavy atom. The number of rotatable bonds is 4. The Morgan fingerprint density at radius 2 is 1.18 bits per heavy atom. The van der Waals surface area contributed by atoms with Crippen molar-refractivity contribution in [1.82, 2.24) is 0 Å². The number of sulfone groups is 1. The van der Waals surface area contributed by atoms with Crippen LogP contribution in [0.3, 0.4) is 0 Å². The second kappa shape index (κ2) is 8.05. The van der Waals surface area contributed by atoms with Crippen LogP contribution in [0.1, 0.15) is 41.5 Å². The van der Waals surface area contributed by atoms with Crippen molar-refractivity contribution in [2.75, 3.05) is 11.5 Å². The van der Waals surface area contributed by atoms with Gasteiger partial charge in [0, 0.05) is 11.5 Å². The molecule has 0 heterocycles. The van der Waals surface area contributed by atoms with Gasteiger partial charge in [0.25, 0.3) is 0 Å². The predicted molar refractivity (Wildman–Crippen MR) is 52.7 cm³/mol. The van der Waals surface area contributed by atoms with Gasteiger partial charge in [0.15, 0.2) is 0 Å². The average molecular weight is 182 g/mol. The molecule has 0 spiro atoms. The highest BCUT2D eigenvalue weighted by atomic mass is 32.2. The van der Waals surface area contributed by atoms with Crippen LogP contribution in [-0.4, -0.2) is 19.9 Å². The minimum Gasteiger partial charge on any atom is -0.229 e. The van der Waals surface area contributed by atoms with Crippen molar-refractivity contribution in [3.05, 3.63) is 0 Å². The van der Waals surface area contributed by atoms with Crippen LogP contribution in [0.5, 0.6) is 0 Å². The standard InChI is InChI=1S/C6H14O2S.2CH4/c1-3-5-9(7,8)6-4-2;;/h3-6H2,1-2H3;2*1H4. The summed E-state index contributed by atoms with van der Waals surface area (Å²) in [5, 5.41) is 0. The van der Waals surface area contributed by atoms with Gasteiger partial charge in [-0.1, -0.05) is 28.7 Å². The molecule has 0 aliphatic carbocycles. The molecule has 2 nitrogen and oxygen atoms in total. The summed E-state index contributed by atoms with van der Waals surface area (Å²) in [6, 6.07) is 0. The minimum atomic E-state index is -2.68. The molecule has 72 valence electrons. The van der Waals surface area contributed by atoms with Crippen LogP contribution in [-0.2, 0) is 9.84 Å². The lowest BCUT2D eigenvalue weighted by molar-refractivity contribution is 0.593. The molecule has 0 unspecified atom stereocenters. The first-order valence-electron chi connectivity index (χ1n) is 3.32. The molecule has 3 heteroatoms. The molecule has 0 saturated heterocycles. The molecule has 0 aliphatic heterocycles. The molecule has 0 rings (SSSR count). The van der Waals surface area contributed by atoms with Crippen LogP contribution in [0.2, 0.25) is 0 Å². The topological polar surface area (TPSA) is 34.1 Å². The zero-order valence-corrected chi connectivity index (χ0v) is 6.87. The van der Waals surface area contributed by atoms with Gasteiger partial charge in [0.05, 0.1) is 0 Å². The van der Waals surface area contributed by atoms with Crippen molar-refractivity contribution in [3.8, 4) is 0 Å². The third-order valence-corrected chi connectivity index (χ3v) is 3.09. The first kappa shape index (κ1) is 17.2. The largest absolute Gasteiger partial charge is 0.229 e. The molecule has 0 saturated carbocycles. The maximum absolute atomic E-state index is 10.8. The maximum Gasteiger partial charge on any atom is 0.150 e. The molecule has 0 aromatic rings. The van der Waals surface area contributed by atoms with E-state index in [4.69, 9.17) is 0 Å². The molecule has 0 bridgehead atoms. The Balaban J connectivity index is -0.000000320. The average Bonchev–Trinajstić information content (AvgIpc) is 1.64. The van der Waals surface area contributed by atoms with E-state index in [9.17, 15) is 8.42 Å². The van der Waals surface area contributed by atoms with E-state index < -0.39 is 9.84 Å². The van der Waals surface area contributed by atoms with E-state index in [1.54, 1.807) is 0 Å². The van der Waals surface area contributed by atoms with E-state index in [0.717, 1.165) is 12.8 Å². The quantitative estimate of drug-likeness (QED) is 0.669. The molecule has 0 aliphatic rings. The Kier molecular flexibility index (Phi) is 12.6. The fourth-order valence-corrected chi connectivity index (χ4v) is 2.17. The molecule has 0 N–H and O–H groups in total. The minimum absolute atomic E-state index is 0. The third kappa shape index (κ3) is 9.95. The summed E-state index contributed by atoms with van der Waals surface area (Å²) in [6.45, 7) is 3.76. The zero-order valence-electron chi connectivity index (χ0n) is 6.05. The summed E-state index contributed by atoms with van der Waals surface area (Å²) < 4.78 is 21.7. The Labute approximate surface area is 71.9 Å². The van der Waals surface area contributed by atoms with Crippen molar-refractivity contribution in [2.45, 2.75) is 41.5 Å². The van der Waals surface area contributed by atoms with Crippen molar-refractivity contribution in [1.29, 1.82) is 0 Å². The summed E-state index contributed by atoms with van der Waals surface area (Å²) in [6.07, 6.45) is 1.48. The van der Waals surface area contributed by atoms with E-state index >= 15 is 0 Å². The third-order valence-electron chi connectivity index (χ3n) is 1.03. The summed E-state index contributed by atoms with van der Waals surface area (Å²) in [4.78, 5) is 0. The first-order chi connectivity index (χ1) is 4.12. The molecular formula is C8H22O2S. The molecule has 0 radical (unpaired) electrons. The van der Waals surface area contributed by atoms with Crippen molar-refractivity contribution in [3.63, 3.8) is 0 Å². The van der Waals surface area contributed by atoms with E-state index in [1.807, 2.05) is 13.8 Å². The van der Waals surface area contributed by atoms with Crippen LogP contribution in [0.4, 0.5) is 0 Å². The molecule has 0 atom stereocenters. The van der Waals surface area contributed by atoms with Crippen LogP contribution < -0.4 is 0 Å². The molecule has 11 heavy (non-hydrogen) atoms. The van der Waals surface area contributed by atoms with E-state index in [-0.39, 0.29) is 14.9 Å². The van der Waals surface area contributed by atoms with Gasteiger partial charge in [-0.25, -0.2) is 8.42 Å². The van der Waals surface area contributed by atoms with Gasteiger partial charge in [0.2, 0.25) is 0 Å². The van der Waals surface area contributed by atoms with Gasteiger partial charge in [0.1, 0.15) is 9.84 Å². The molecule has 0 aromatic heterocycles. The highest BCUT2D eigenvalue weighted by Gasteiger charge is 2.05. The lowest BCUT2D eigenvalue weighted by atomic mass is 10.6. The van der Waals surface area contributed by atoms with Gasteiger partial charge in [-0.3, -0.25) is 0 Å². The van der Waals surface area contributed by atoms with Crippen LogP contribution in [0.15, 0.2) is 0 Å². The van der Waals surface area contributed by atoms with Crippen molar-refractivity contribution >= 4 is 9.84 Å². The predicted octanol–water partition coefficient (Wildman–Crippen LogP) is 2.49. The lowest BCUT2D eigenvalue weighted by Gasteiger charge is -1.96. The molecule has 0 fully saturated rings. The highest BCUT2D eigenvalue weighted by molar-refractivity contribution is 7.91. The smallest absolute Gasteiger partial charge is 0.150 e. The number of hydrogen-bond donors (Lipinski definition) is 0. The molecule has 0 aromatic carbocycles. The van der Waals surface area contributed by atoms with Crippen LogP contribution >= 0.6 is 0 Å². The Hall–Kier alpha value is -0.0500. The van der Waals surface area contributed by atoms with Crippen LogP contribution in [0, 0.1) is 0 Å². The van der Waals surface area contributed by atoms with Gasteiger partial charge in [-0.15, -0.1) is 0 Å². The van der Waals surface area contributed by atoms with Gasteiger partial charge in [-0.05, 0) is 12.8 Å². The SMILES string of the molecule is C.C.CCCS(=O)(=O)CCC. The van der Waals surface area contributed by atoms with E-state index in [1.165, 1.54) is 0 Å². The van der Waals surface area contributed by atoms with Gasteiger partial charge < -0.3 is 0 Å². The monoisotopic (exact) mass is 182 g/mol. The maximum atomic E-state index is 10.8. The highest BCUT2D eigenvalue weighted by Crippen LogP contribution is 1.94. The summed E-state index contributed by atoms with van der Waals surface area (Å²) in [7, 11) is -2.68. The Morgan fingerprint density at radius 3 is 1.36 bits per heavy atom.